The zero-order valence-corrected chi connectivity index (χ0v) is 20.6. The van der Waals surface area contributed by atoms with Crippen molar-refractivity contribution in [2.45, 2.75) is 58.6 Å². The van der Waals surface area contributed by atoms with E-state index in [2.05, 4.69) is 32.0 Å². The van der Waals surface area contributed by atoms with Crippen molar-refractivity contribution in [3.63, 3.8) is 0 Å². The van der Waals surface area contributed by atoms with E-state index in [1.54, 1.807) is 7.11 Å². The molecule has 3 heterocycles. The molecule has 182 valence electrons. The molecule has 1 aromatic carbocycles. The van der Waals surface area contributed by atoms with Gasteiger partial charge in [-0.1, -0.05) is 6.07 Å². The topological polar surface area (TPSA) is 87.0 Å². The highest BCUT2D eigenvalue weighted by molar-refractivity contribution is 5.75. The number of hydrogen-bond acceptors (Lipinski definition) is 7. The molecule has 1 aliphatic carbocycles. The van der Waals surface area contributed by atoms with E-state index in [-0.39, 0.29) is 6.10 Å². The van der Waals surface area contributed by atoms with Crippen LogP contribution in [0.5, 0.6) is 11.5 Å². The summed E-state index contributed by atoms with van der Waals surface area (Å²) in [5.41, 5.74) is 4.86. The maximum Gasteiger partial charge on any atom is 0.225 e. The lowest BCUT2D eigenvalue weighted by molar-refractivity contribution is 0.200. The lowest BCUT2D eigenvalue weighted by Gasteiger charge is -2.17. The van der Waals surface area contributed by atoms with Crippen LogP contribution >= 0.6 is 0 Å². The predicted octanol–water partition coefficient (Wildman–Crippen LogP) is 4.87. The summed E-state index contributed by atoms with van der Waals surface area (Å²) in [6.45, 7) is 5.37. The standard InChI is InChI=1S/C27H32N6O2/c1-18-25-26(32-27(30-18)29-15-12-20-10-13-28-14-11-20)33(19(2)31-25)17-21-8-9-23(34-3)24(16-21)35-22-6-4-5-7-22/h8-11,13-14,16,22H,4-7,12,15,17H2,1-3H3,(H,29,30,32). The molecule has 0 bridgehead atoms. The molecule has 0 amide bonds. The quantitative estimate of drug-likeness (QED) is 0.372. The van der Waals surface area contributed by atoms with Gasteiger partial charge in [-0.05, 0) is 81.3 Å². The second kappa shape index (κ2) is 10.3. The monoisotopic (exact) mass is 472 g/mol. The number of ether oxygens (including phenoxy) is 2. The minimum Gasteiger partial charge on any atom is -0.493 e. The van der Waals surface area contributed by atoms with Crippen molar-refractivity contribution in [3.8, 4) is 11.5 Å². The summed E-state index contributed by atoms with van der Waals surface area (Å²) in [5.74, 6) is 3.10. The van der Waals surface area contributed by atoms with Crippen LogP contribution in [0.4, 0.5) is 5.95 Å². The molecule has 0 spiro atoms. The van der Waals surface area contributed by atoms with E-state index >= 15 is 0 Å². The molecule has 1 saturated carbocycles. The van der Waals surface area contributed by atoms with Crippen molar-refractivity contribution >= 4 is 17.1 Å². The Morgan fingerprint density at radius 3 is 2.54 bits per heavy atom. The van der Waals surface area contributed by atoms with Gasteiger partial charge in [0.1, 0.15) is 11.3 Å². The number of fused-ring (bicyclic) bond motifs is 1. The summed E-state index contributed by atoms with van der Waals surface area (Å²) in [6.07, 6.45) is 9.43. The Morgan fingerprint density at radius 2 is 1.77 bits per heavy atom. The summed E-state index contributed by atoms with van der Waals surface area (Å²) in [6, 6.07) is 10.2. The molecule has 35 heavy (non-hydrogen) atoms. The third-order valence-corrected chi connectivity index (χ3v) is 6.57. The number of aromatic nitrogens is 5. The average Bonchev–Trinajstić information content (AvgIpc) is 3.48. The first-order valence-corrected chi connectivity index (χ1v) is 12.3. The Morgan fingerprint density at radius 1 is 0.971 bits per heavy atom. The Balaban J connectivity index is 1.38. The number of aryl methyl sites for hydroxylation is 2. The second-order valence-electron chi connectivity index (χ2n) is 9.09. The highest BCUT2D eigenvalue weighted by atomic mass is 16.5. The zero-order chi connectivity index (χ0) is 24.2. The van der Waals surface area contributed by atoms with Crippen LogP contribution in [0, 0.1) is 13.8 Å². The van der Waals surface area contributed by atoms with Gasteiger partial charge in [-0.25, -0.2) is 9.97 Å². The highest BCUT2D eigenvalue weighted by Crippen LogP contribution is 2.33. The van der Waals surface area contributed by atoms with Crippen molar-refractivity contribution in [3.05, 3.63) is 65.4 Å². The van der Waals surface area contributed by atoms with Crippen LogP contribution in [0.3, 0.4) is 0 Å². The number of rotatable bonds is 9. The van der Waals surface area contributed by atoms with E-state index in [1.165, 1.54) is 18.4 Å². The average molecular weight is 473 g/mol. The van der Waals surface area contributed by atoms with Gasteiger partial charge in [-0.15, -0.1) is 0 Å². The van der Waals surface area contributed by atoms with Gasteiger partial charge in [-0.2, -0.15) is 4.98 Å². The fraction of sp³-hybridized carbons (Fsp3) is 0.407. The van der Waals surface area contributed by atoms with Gasteiger partial charge in [0.2, 0.25) is 5.95 Å². The van der Waals surface area contributed by atoms with Gasteiger partial charge in [0, 0.05) is 18.9 Å². The number of anilines is 1. The molecular formula is C27H32N6O2. The molecule has 8 heteroatoms. The molecular weight excluding hydrogens is 440 g/mol. The van der Waals surface area contributed by atoms with Crippen LogP contribution in [0.2, 0.25) is 0 Å². The summed E-state index contributed by atoms with van der Waals surface area (Å²) < 4.78 is 14.0. The van der Waals surface area contributed by atoms with Crippen LogP contribution in [-0.4, -0.2) is 44.3 Å². The SMILES string of the molecule is COc1ccc(Cn2c(C)nc3c(C)nc(NCCc4ccncc4)nc32)cc1OC1CCCC1. The highest BCUT2D eigenvalue weighted by Gasteiger charge is 2.19. The molecule has 3 aromatic heterocycles. The minimum atomic E-state index is 0.270. The van der Waals surface area contributed by atoms with Crippen molar-refractivity contribution in [2.75, 3.05) is 19.0 Å². The van der Waals surface area contributed by atoms with Crippen LogP contribution in [-0.2, 0) is 13.0 Å². The summed E-state index contributed by atoms with van der Waals surface area (Å²) >= 11 is 0. The van der Waals surface area contributed by atoms with Crippen molar-refractivity contribution in [1.29, 1.82) is 0 Å². The minimum absolute atomic E-state index is 0.270. The van der Waals surface area contributed by atoms with E-state index in [9.17, 15) is 0 Å². The molecule has 5 rings (SSSR count). The van der Waals surface area contributed by atoms with E-state index in [1.807, 2.05) is 44.4 Å². The van der Waals surface area contributed by atoms with E-state index in [0.29, 0.717) is 12.5 Å². The number of pyridine rings is 1. The van der Waals surface area contributed by atoms with Crippen LogP contribution in [0.15, 0.2) is 42.7 Å². The van der Waals surface area contributed by atoms with Crippen molar-refractivity contribution in [2.24, 2.45) is 0 Å². The molecule has 1 N–H and O–H groups in total. The van der Waals surface area contributed by atoms with E-state index in [0.717, 1.165) is 65.6 Å². The molecule has 0 unspecified atom stereocenters. The number of benzene rings is 1. The van der Waals surface area contributed by atoms with Gasteiger partial charge >= 0.3 is 0 Å². The number of nitrogens with one attached hydrogen (secondary N) is 1. The van der Waals surface area contributed by atoms with Gasteiger partial charge in [0.25, 0.3) is 0 Å². The Kier molecular flexibility index (Phi) is 6.79. The fourth-order valence-electron chi connectivity index (χ4n) is 4.66. The molecule has 0 saturated heterocycles. The lowest BCUT2D eigenvalue weighted by atomic mass is 10.2. The number of imidazole rings is 1. The van der Waals surface area contributed by atoms with Gasteiger partial charge in [0.15, 0.2) is 17.1 Å². The van der Waals surface area contributed by atoms with Gasteiger partial charge < -0.3 is 19.4 Å². The number of nitrogens with zero attached hydrogens (tertiary/aromatic N) is 5. The fourth-order valence-corrected chi connectivity index (χ4v) is 4.66. The number of methoxy groups -OCH3 is 1. The first-order chi connectivity index (χ1) is 17.1. The maximum atomic E-state index is 6.30. The van der Waals surface area contributed by atoms with Gasteiger partial charge in [0.05, 0.1) is 25.5 Å². The molecule has 1 aliphatic rings. The molecule has 0 aliphatic heterocycles. The molecule has 0 atom stereocenters. The molecule has 1 fully saturated rings. The summed E-state index contributed by atoms with van der Waals surface area (Å²) in [4.78, 5) is 18.3. The summed E-state index contributed by atoms with van der Waals surface area (Å²) in [5, 5.41) is 3.37. The van der Waals surface area contributed by atoms with Crippen molar-refractivity contribution in [1.82, 2.24) is 24.5 Å². The first kappa shape index (κ1) is 23.1. The Hall–Kier alpha value is -3.68. The second-order valence-corrected chi connectivity index (χ2v) is 9.09. The Bertz CT molecular complexity index is 1300. The Labute approximate surface area is 205 Å². The third kappa shape index (κ3) is 5.21. The summed E-state index contributed by atoms with van der Waals surface area (Å²) in [7, 11) is 1.69. The maximum absolute atomic E-state index is 6.30. The van der Waals surface area contributed by atoms with Crippen molar-refractivity contribution < 1.29 is 9.47 Å². The smallest absolute Gasteiger partial charge is 0.225 e. The van der Waals surface area contributed by atoms with Crippen LogP contribution < -0.4 is 14.8 Å². The normalized spacial score (nSPS) is 13.9. The van der Waals surface area contributed by atoms with Gasteiger partial charge in [-0.3, -0.25) is 4.98 Å². The molecule has 8 nitrogen and oxygen atoms in total. The van der Waals surface area contributed by atoms with Crippen LogP contribution in [0.1, 0.15) is 48.3 Å². The van der Waals surface area contributed by atoms with Crippen LogP contribution in [0.25, 0.3) is 11.2 Å². The molecule has 4 aromatic rings. The first-order valence-electron chi connectivity index (χ1n) is 12.3. The third-order valence-electron chi connectivity index (χ3n) is 6.57. The van der Waals surface area contributed by atoms with E-state index in [4.69, 9.17) is 19.4 Å². The molecule has 0 radical (unpaired) electrons. The lowest BCUT2D eigenvalue weighted by Crippen LogP contribution is -2.12. The predicted molar refractivity (Wildman–Crippen MR) is 136 cm³/mol. The zero-order valence-electron chi connectivity index (χ0n) is 20.6. The van der Waals surface area contributed by atoms with E-state index < -0.39 is 0 Å². The largest absolute Gasteiger partial charge is 0.493 e. The number of hydrogen-bond donors (Lipinski definition) is 1.